The molecule has 0 aromatic heterocycles. The molecule has 0 N–H and O–H groups in total. The van der Waals surface area contributed by atoms with Crippen molar-refractivity contribution >= 4 is 0 Å². The number of fused-ring (bicyclic) bond motifs is 1. The highest BCUT2D eigenvalue weighted by Gasteiger charge is 2.23. The first-order valence-corrected chi connectivity index (χ1v) is 5.16. The number of allylic oxidation sites excluding steroid dienone is 2. The summed E-state index contributed by atoms with van der Waals surface area (Å²) in [6.45, 7) is 0. The first kappa shape index (κ1) is 7.39. The van der Waals surface area contributed by atoms with Crippen molar-refractivity contribution in [2.75, 3.05) is 0 Å². The zero-order valence-corrected chi connectivity index (χ0v) is 7.31. The van der Waals surface area contributed by atoms with Crippen LogP contribution in [0.5, 0.6) is 0 Å². The van der Waals surface area contributed by atoms with Gasteiger partial charge in [-0.3, -0.25) is 0 Å². The zero-order valence-electron chi connectivity index (χ0n) is 7.31. The van der Waals surface area contributed by atoms with E-state index in [1.165, 1.54) is 51.4 Å². The van der Waals surface area contributed by atoms with Crippen molar-refractivity contribution in [3.05, 3.63) is 11.6 Å². The Morgan fingerprint density at radius 3 is 2.73 bits per heavy atom. The van der Waals surface area contributed by atoms with Crippen molar-refractivity contribution in [1.82, 2.24) is 0 Å². The molecule has 2 aliphatic rings. The number of hydrogen-bond donors (Lipinski definition) is 0. The highest BCUT2D eigenvalue weighted by molar-refractivity contribution is 5.15. The zero-order chi connectivity index (χ0) is 7.52. The van der Waals surface area contributed by atoms with Gasteiger partial charge in [0.15, 0.2) is 0 Å². The summed E-state index contributed by atoms with van der Waals surface area (Å²) in [5.41, 5.74) is 1.80. The molecular weight excluding hydrogens is 132 g/mol. The van der Waals surface area contributed by atoms with Crippen LogP contribution < -0.4 is 0 Å². The van der Waals surface area contributed by atoms with Crippen molar-refractivity contribution in [2.24, 2.45) is 5.92 Å². The molecule has 0 saturated heterocycles. The Bertz CT molecular complexity index is 155. The number of hydrogen-bond acceptors (Lipinski definition) is 0. The fourth-order valence-electron chi connectivity index (χ4n) is 2.29. The standard InChI is InChI=1S/C11H18/c1-2-4-6-10-8-9-11(10)7-5-3-1/h6,11H,1-5,7-9H2. The van der Waals surface area contributed by atoms with E-state index in [0.717, 1.165) is 5.92 Å². The summed E-state index contributed by atoms with van der Waals surface area (Å²) in [5.74, 6) is 1.02. The molecule has 1 unspecified atom stereocenters. The molecule has 62 valence electrons. The van der Waals surface area contributed by atoms with E-state index in [2.05, 4.69) is 6.08 Å². The summed E-state index contributed by atoms with van der Waals surface area (Å²) in [6, 6.07) is 0. The van der Waals surface area contributed by atoms with Crippen LogP contribution in [0.4, 0.5) is 0 Å². The fourth-order valence-corrected chi connectivity index (χ4v) is 2.29. The van der Waals surface area contributed by atoms with Crippen molar-refractivity contribution in [3.8, 4) is 0 Å². The first-order chi connectivity index (χ1) is 5.47. The Labute approximate surface area is 69.7 Å². The van der Waals surface area contributed by atoms with Crippen LogP contribution in [-0.2, 0) is 0 Å². The van der Waals surface area contributed by atoms with Gasteiger partial charge in [-0.25, -0.2) is 0 Å². The molecule has 0 heterocycles. The predicted molar refractivity (Wildman–Crippen MR) is 48.5 cm³/mol. The molecule has 1 saturated carbocycles. The molecule has 0 amide bonds. The maximum Gasteiger partial charge on any atom is -0.0200 e. The molecule has 1 fully saturated rings. The molecule has 0 bridgehead atoms. The normalized spacial score (nSPS) is 32.0. The van der Waals surface area contributed by atoms with Gasteiger partial charge >= 0.3 is 0 Å². The fraction of sp³-hybridized carbons (Fsp3) is 0.818. The summed E-state index contributed by atoms with van der Waals surface area (Å²) < 4.78 is 0. The maximum absolute atomic E-state index is 2.53. The van der Waals surface area contributed by atoms with Crippen LogP contribution in [0.25, 0.3) is 0 Å². The largest absolute Gasteiger partial charge is 0.0851 e. The molecule has 0 aliphatic heterocycles. The third kappa shape index (κ3) is 1.66. The maximum atomic E-state index is 2.53. The lowest BCUT2D eigenvalue weighted by Crippen LogP contribution is -2.14. The molecule has 0 spiro atoms. The third-order valence-corrected chi connectivity index (χ3v) is 3.22. The summed E-state index contributed by atoms with van der Waals surface area (Å²) in [5, 5.41) is 0. The van der Waals surface area contributed by atoms with Gasteiger partial charge in [0.05, 0.1) is 0 Å². The van der Waals surface area contributed by atoms with Gasteiger partial charge in [0, 0.05) is 0 Å². The van der Waals surface area contributed by atoms with Crippen molar-refractivity contribution in [3.63, 3.8) is 0 Å². The van der Waals surface area contributed by atoms with Crippen molar-refractivity contribution < 1.29 is 0 Å². The molecule has 0 aromatic carbocycles. The Morgan fingerprint density at radius 2 is 1.91 bits per heavy atom. The lowest BCUT2D eigenvalue weighted by atomic mass is 9.76. The van der Waals surface area contributed by atoms with E-state index < -0.39 is 0 Å². The average Bonchev–Trinajstić information content (AvgIpc) is 2.04. The third-order valence-electron chi connectivity index (χ3n) is 3.22. The summed E-state index contributed by atoms with van der Waals surface area (Å²) in [4.78, 5) is 0. The van der Waals surface area contributed by atoms with Crippen LogP contribution in [0.2, 0.25) is 0 Å². The summed E-state index contributed by atoms with van der Waals surface area (Å²) in [6.07, 6.45) is 14.2. The Hall–Kier alpha value is -0.260. The number of rotatable bonds is 0. The van der Waals surface area contributed by atoms with Gasteiger partial charge < -0.3 is 0 Å². The van der Waals surface area contributed by atoms with E-state index in [9.17, 15) is 0 Å². The second-order valence-corrected chi connectivity index (χ2v) is 4.01. The average molecular weight is 150 g/mol. The highest BCUT2D eigenvalue weighted by Crippen LogP contribution is 2.38. The minimum atomic E-state index is 1.02. The van der Waals surface area contributed by atoms with E-state index >= 15 is 0 Å². The van der Waals surface area contributed by atoms with E-state index in [0.29, 0.717) is 0 Å². The molecule has 1 atom stereocenters. The van der Waals surface area contributed by atoms with Crippen LogP contribution in [0, 0.1) is 5.92 Å². The minimum Gasteiger partial charge on any atom is -0.0851 e. The Kier molecular flexibility index (Phi) is 2.30. The first-order valence-electron chi connectivity index (χ1n) is 5.16. The summed E-state index contributed by atoms with van der Waals surface area (Å²) in [7, 11) is 0. The molecule has 2 rings (SSSR count). The molecular formula is C11H18. The molecule has 0 nitrogen and oxygen atoms in total. The molecule has 11 heavy (non-hydrogen) atoms. The van der Waals surface area contributed by atoms with Gasteiger partial charge in [-0.05, 0) is 38.0 Å². The smallest absolute Gasteiger partial charge is 0.0200 e. The molecule has 2 aliphatic carbocycles. The summed E-state index contributed by atoms with van der Waals surface area (Å²) >= 11 is 0. The molecule has 0 heteroatoms. The van der Waals surface area contributed by atoms with E-state index in [1.54, 1.807) is 5.57 Å². The van der Waals surface area contributed by atoms with Crippen LogP contribution in [0.15, 0.2) is 11.6 Å². The topological polar surface area (TPSA) is 0 Å². The van der Waals surface area contributed by atoms with Gasteiger partial charge in [0.2, 0.25) is 0 Å². The Morgan fingerprint density at radius 1 is 1.00 bits per heavy atom. The quantitative estimate of drug-likeness (QED) is 0.462. The van der Waals surface area contributed by atoms with Gasteiger partial charge in [0.1, 0.15) is 0 Å². The van der Waals surface area contributed by atoms with E-state index in [1.807, 2.05) is 0 Å². The molecule has 0 radical (unpaired) electrons. The van der Waals surface area contributed by atoms with E-state index in [-0.39, 0.29) is 0 Å². The second kappa shape index (κ2) is 3.42. The molecule has 0 aromatic rings. The van der Waals surface area contributed by atoms with Gasteiger partial charge in [-0.1, -0.05) is 30.9 Å². The lowest BCUT2D eigenvalue weighted by molar-refractivity contribution is 0.399. The van der Waals surface area contributed by atoms with Gasteiger partial charge in [0.25, 0.3) is 0 Å². The van der Waals surface area contributed by atoms with Crippen molar-refractivity contribution in [2.45, 2.75) is 51.4 Å². The van der Waals surface area contributed by atoms with Crippen molar-refractivity contribution in [1.29, 1.82) is 0 Å². The lowest BCUT2D eigenvalue weighted by Gasteiger charge is -2.29. The van der Waals surface area contributed by atoms with Crippen LogP contribution >= 0.6 is 0 Å². The highest BCUT2D eigenvalue weighted by atomic mass is 14.3. The monoisotopic (exact) mass is 150 g/mol. The Balaban J connectivity index is 1.93. The van der Waals surface area contributed by atoms with Crippen LogP contribution in [0.3, 0.4) is 0 Å². The van der Waals surface area contributed by atoms with Crippen LogP contribution in [0.1, 0.15) is 51.4 Å². The van der Waals surface area contributed by atoms with Gasteiger partial charge in [-0.2, -0.15) is 0 Å². The van der Waals surface area contributed by atoms with E-state index in [4.69, 9.17) is 0 Å². The SMILES string of the molecule is C1=C2CCC2CCCCCC1. The van der Waals surface area contributed by atoms with Gasteiger partial charge in [-0.15, -0.1) is 0 Å². The second-order valence-electron chi connectivity index (χ2n) is 4.01. The van der Waals surface area contributed by atoms with Crippen LogP contribution in [-0.4, -0.2) is 0 Å². The predicted octanol–water partition coefficient (Wildman–Crippen LogP) is 3.68. The minimum absolute atomic E-state index is 1.02.